The van der Waals surface area contributed by atoms with Gasteiger partial charge in [0.25, 0.3) is 5.91 Å². The third-order valence-corrected chi connectivity index (χ3v) is 2.85. The van der Waals surface area contributed by atoms with Gasteiger partial charge in [-0.2, -0.15) is 9.65 Å². The molecule has 2 rings (SSSR count). The second-order valence-corrected chi connectivity index (χ2v) is 4.38. The van der Waals surface area contributed by atoms with E-state index in [1.165, 1.54) is 13.0 Å². The highest BCUT2D eigenvalue weighted by molar-refractivity contribution is 5.92. The van der Waals surface area contributed by atoms with Crippen molar-refractivity contribution in [2.75, 3.05) is 0 Å². The molecule has 1 aromatic carbocycles. The van der Waals surface area contributed by atoms with Crippen LogP contribution in [0.2, 0.25) is 0 Å². The molecule has 0 bridgehead atoms. The summed E-state index contributed by atoms with van der Waals surface area (Å²) in [6.07, 6.45) is 0.894. The number of nitrogens with zero attached hydrogens (tertiary/aromatic N) is 3. The van der Waals surface area contributed by atoms with E-state index in [1.54, 1.807) is 6.07 Å². The molecule has 0 aliphatic rings. The first-order valence-corrected chi connectivity index (χ1v) is 6.11. The normalized spacial score (nSPS) is 11.6. The summed E-state index contributed by atoms with van der Waals surface area (Å²) in [6, 6.07) is 4.04. The van der Waals surface area contributed by atoms with Gasteiger partial charge in [-0.25, -0.2) is 18.7 Å². The van der Waals surface area contributed by atoms with Crippen LogP contribution < -0.4 is 5.32 Å². The molecule has 1 heterocycles. The molecule has 22 heavy (non-hydrogen) atoms. The Morgan fingerprint density at radius 2 is 2.05 bits per heavy atom. The Morgan fingerprint density at radius 3 is 2.68 bits per heavy atom. The van der Waals surface area contributed by atoms with Gasteiger partial charge in [0, 0.05) is 0 Å². The van der Waals surface area contributed by atoms with Crippen LogP contribution in [0.15, 0.2) is 24.4 Å². The van der Waals surface area contributed by atoms with Crippen LogP contribution in [0.25, 0.3) is 0 Å². The second kappa shape index (κ2) is 6.22. The van der Waals surface area contributed by atoms with Gasteiger partial charge in [0.2, 0.25) is 5.95 Å². The number of carbonyl (C=O) groups excluding carboxylic acids is 1. The fraction of sp³-hybridized carbons (Fsp3) is 0.143. The highest BCUT2D eigenvalue weighted by Gasteiger charge is 2.19. The minimum absolute atomic E-state index is 0.216. The Kier molecular flexibility index (Phi) is 4.36. The first-order chi connectivity index (χ1) is 10.4. The lowest BCUT2D eigenvalue weighted by Gasteiger charge is -2.14. The lowest BCUT2D eigenvalue weighted by molar-refractivity contribution is 0.0929. The van der Waals surface area contributed by atoms with Crippen LogP contribution >= 0.6 is 0 Å². The van der Waals surface area contributed by atoms with E-state index in [2.05, 4.69) is 15.3 Å². The molecule has 1 N–H and O–H groups in total. The van der Waals surface area contributed by atoms with Crippen molar-refractivity contribution in [2.45, 2.75) is 13.0 Å². The smallest absolute Gasteiger partial charge is 0.275 e. The summed E-state index contributed by atoms with van der Waals surface area (Å²) < 4.78 is 39.5. The number of rotatable bonds is 3. The molecule has 0 aliphatic heterocycles. The van der Waals surface area contributed by atoms with Crippen LogP contribution in [-0.2, 0) is 0 Å². The standard InChI is InChI=1S/C14H9F3N4O/c1-7(8-2-3-10(15)11(16)4-8)20-14(22)12-13(17)19-6-9(5-18)21-12/h2-4,6-7H,1H3,(H,20,22). The molecule has 0 saturated carbocycles. The Labute approximate surface area is 123 Å². The molecule has 0 radical (unpaired) electrons. The van der Waals surface area contributed by atoms with Crippen molar-refractivity contribution in [2.24, 2.45) is 0 Å². The first kappa shape index (κ1) is 15.4. The number of hydrogen-bond donors (Lipinski definition) is 1. The number of nitrogens with one attached hydrogen (secondary N) is 1. The molecule has 5 nitrogen and oxygen atoms in total. The quantitative estimate of drug-likeness (QED) is 0.943. The zero-order chi connectivity index (χ0) is 16.3. The number of aromatic nitrogens is 2. The summed E-state index contributed by atoms with van der Waals surface area (Å²) in [7, 11) is 0. The van der Waals surface area contributed by atoms with Crippen molar-refractivity contribution in [3.05, 3.63) is 58.9 Å². The maximum absolute atomic E-state index is 13.5. The van der Waals surface area contributed by atoms with E-state index >= 15 is 0 Å². The van der Waals surface area contributed by atoms with Crippen LogP contribution in [0.3, 0.4) is 0 Å². The summed E-state index contributed by atoms with van der Waals surface area (Å²) in [6.45, 7) is 1.50. The number of halogens is 3. The van der Waals surface area contributed by atoms with Gasteiger partial charge in [0.05, 0.1) is 12.2 Å². The Balaban J connectivity index is 2.21. The minimum Gasteiger partial charge on any atom is -0.344 e. The summed E-state index contributed by atoms with van der Waals surface area (Å²) >= 11 is 0. The van der Waals surface area contributed by atoms with Gasteiger partial charge in [-0.1, -0.05) is 6.07 Å². The van der Waals surface area contributed by atoms with Crippen LogP contribution in [-0.4, -0.2) is 15.9 Å². The molecular weight excluding hydrogens is 297 g/mol. The molecule has 1 amide bonds. The first-order valence-electron chi connectivity index (χ1n) is 6.11. The van der Waals surface area contributed by atoms with Gasteiger partial charge >= 0.3 is 0 Å². The molecule has 0 fully saturated rings. The van der Waals surface area contributed by atoms with E-state index in [9.17, 15) is 18.0 Å². The number of carbonyl (C=O) groups is 1. The van der Waals surface area contributed by atoms with Gasteiger partial charge in [-0.05, 0) is 24.6 Å². The Hall–Kier alpha value is -2.95. The van der Waals surface area contributed by atoms with E-state index < -0.39 is 35.2 Å². The summed E-state index contributed by atoms with van der Waals surface area (Å²) in [4.78, 5) is 18.7. The fourth-order valence-electron chi connectivity index (χ4n) is 1.70. The van der Waals surface area contributed by atoms with Crippen LogP contribution in [0.1, 0.15) is 34.7 Å². The Bertz CT molecular complexity index is 773. The van der Waals surface area contributed by atoms with Gasteiger partial charge in [-0.3, -0.25) is 4.79 Å². The topological polar surface area (TPSA) is 78.7 Å². The molecule has 0 saturated heterocycles. The largest absolute Gasteiger partial charge is 0.344 e. The number of amides is 1. The molecular formula is C14H9F3N4O. The molecule has 0 aliphatic carbocycles. The van der Waals surface area contributed by atoms with E-state index in [4.69, 9.17) is 5.26 Å². The van der Waals surface area contributed by atoms with Crippen molar-refractivity contribution in [3.8, 4) is 6.07 Å². The van der Waals surface area contributed by atoms with E-state index in [0.29, 0.717) is 0 Å². The number of nitriles is 1. The van der Waals surface area contributed by atoms with Crippen LogP contribution in [0.5, 0.6) is 0 Å². The summed E-state index contributed by atoms with van der Waals surface area (Å²) in [5.74, 6) is -4.12. The SMILES string of the molecule is CC(NC(=O)c1nc(C#N)cnc1F)c1ccc(F)c(F)c1. The average molecular weight is 306 g/mol. The maximum atomic E-state index is 13.5. The van der Waals surface area contributed by atoms with Gasteiger partial charge in [0.1, 0.15) is 6.07 Å². The fourth-order valence-corrected chi connectivity index (χ4v) is 1.70. The molecule has 1 atom stereocenters. The van der Waals surface area contributed by atoms with Gasteiger partial charge in [-0.15, -0.1) is 0 Å². The highest BCUT2D eigenvalue weighted by Crippen LogP contribution is 2.16. The molecule has 2 aromatic rings. The predicted octanol–water partition coefficient (Wildman–Crippen LogP) is 2.26. The zero-order valence-electron chi connectivity index (χ0n) is 11.3. The number of hydrogen-bond acceptors (Lipinski definition) is 4. The highest BCUT2D eigenvalue weighted by atomic mass is 19.2. The van der Waals surface area contributed by atoms with Gasteiger partial charge < -0.3 is 5.32 Å². The van der Waals surface area contributed by atoms with E-state index in [1.807, 2.05) is 0 Å². The van der Waals surface area contributed by atoms with Crippen LogP contribution in [0.4, 0.5) is 13.2 Å². The lowest BCUT2D eigenvalue weighted by Crippen LogP contribution is -2.29. The maximum Gasteiger partial charge on any atom is 0.275 e. The zero-order valence-corrected chi connectivity index (χ0v) is 11.3. The third-order valence-electron chi connectivity index (χ3n) is 2.85. The molecule has 1 unspecified atom stereocenters. The average Bonchev–Trinajstić information content (AvgIpc) is 2.50. The monoisotopic (exact) mass is 306 g/mol. The summed E-state index contributed by atoms with van der Waals surface area (Å²) in [5.41, 5.74) is -0.572. The molecule has 0 spiro atoms. The van der Waals surface area contributed by atoms with Crippen molar-refractivity contribution in [1.82, 2.24) is 15.3 Å². The minimum atomic E-state index is -1.13. The molecule has 112 valence electrons. The Morgan fingerprint density at radius 1 is 1.32 bits per heavy atom. The van der Waals surface area contributed by atoms with Gasteiger partial charge in [0.15, 0.2) is 23.0 Å². The molecule has 1 aromatic heterocycles. The molecule has 8 heteroatoms. The van der Waals surface area contributed by atoms with Crippen molar-refractivity contribution >= 4 is 5.91 Å². The van der Waals surface area contributed by atoms with E-state index in [0.717, 1.165) is 18.3 Å². The second-order valence-electron chi connectivity index (χ2n) is 4.38. The summed E-state index contributed by atoms with van der Waals surface area (Å²) in [5, 5.41) is 11.0. The lowest BCUT2D eigenvalue weighted by atomic mass is 10.1. The van der Waals surface area contributed by atoms with Crippen molar-refractivity contribution in [3.63, 3.8) is 0 Å². The van der Waals surface area contributed by atoms with Crippen molar-refractivity contribution in [1.29, 1.82) is 5.26 Å². The predicted molar refractivity (Wildman–Crippen MR) is 68.9 cm³/mol. The van der Waals surface area contributed by atoms with E-state index in [-0.39, 0.29) is 11.3 Å². The van der Waals surface area contributed by atoms with Crippen molar-refractivity contribution < 1.29 is 18.0 Å². The third kappa shape index (κ3) is 3.20. The van der Waals surface area contributed by atoms with Crippen LogP contribution in [0, 0.1) is 28.9 Å². The number of benzene rings is 1.